The number of hydrogen-bond donors (Lipinski definition) is 1. The average Bonchev–Trinajstić information content (AvgIpc) is 3.13. The van der Waals surface area contributed by atoms with Gasteiger partial charge in [-0.1, -0.05) is 0 Å². The Kier molecular flexibility index (Phi) is 4.37. The molecule has 0 aliphatic carbocycles. The second kappa shape index (κ2) is 6.16. The zero-order valence-electron chi connectivity index (χ0n) is 13.2. The first-order valence-electron chi connectivity index (χ1n) is 8.01. The van der Waals surface area contributed by atoms with Crippen molar-refractivity contribution in [1.29, 1.82) is 0 Å². The molecular formula is C15H22F2N4O2. The summed E-state index contributed by atoms with van der Waals surface area (Å²) in [6, 6.07) is -0.267. The molecule has 1 aromatic heterocycles. The molecule has 0 saturated carbocycles. The molecule has 0 radical (unpaired) electrons. The van der Waals surface area contributed by atoms with Crippen LogP contribution in [0.1, 0.15) is 30.1 Å². The highest BCUT2D eigenvalue weighted by atomic mass is 19.3. The van der Waals surface area contributed by atoms with Gasteiger partial charge in [-0.15, -0.1) is 0 Å². The van der Waals surface area contributed by atoms with Gasteiger partial charge in [0.15, 0.2) is 0 Å². The van der Waals surface area contributed by atoms with Crippen LogP contribution >= 0.6 is 0 Å². The van der Waals surface area contributed by atoms with Crippen molar-refractivity contribution >= 4 is 5.91 Å². The van der Waals surface area contributed by atoms with Crippen LogP contribution in [0.15, 0.2) is 12.4 Å². The van der Waals surface area contributed by atoms with E-state index in [-0.39, 0.29) is 44.4 Å². The number of aliphatic hydroxyl groups is 1. The van der Waals surface area contributed by atoms with E-state index in [1.54, 1.807) is 15.8 Å². The number of β-amino-alcohol motifs (C(OH)–C–C–N with tert-alkyl or cyclic N) is 1. The fourth-order valence-electron chi connectivity index (χ4n) is 3.31. The van der Waals surface area contributed by atoms with E-state index in [4.69, 9.17) is 0 Å². The Morgan fingerprint density at radius 2 is 2.09 bits per heavy atom. The number of carbonyl (C=O) groups excluding carboxylic acids is 1. The molecule has 2 atom stereocenters. The largest absolute Gasteiger partial charge is 0.390 e. The molecule has 6 nitrogen and oxygen atoms in total. The SMILES string of the molecule is CCn1cc(C(=O)N2C[C@@H](O)[C@H](N3CCC(F)(F)CC3)C2)cn1. The fourth-order valence-corrected chi connectivity index (χ4v) is 3.31. The molecule has 8 heteroatoms. The van der Waals surface area contributed by atoms with Crippen LogP contribution in [-0.2, 0) is 6.54 Å². The Balaban J connectivity index is 1.63. The lowest BCUT2D eigenvalue weighted by atomic mass is 10.0. The quantitative estimate of drug-likeness (QED) is 0.892. The first-order valence-corrected chi connectivity index (χ1v) is 8.01. The summed E-state index contributed by atoms with van der Waals surface area (Å²) in [4.78, 5) is 15.9. The maximum Gasteiger partial charge on any atom is 0.257 e. The third-order valence-electron chi connectivity index (χ3n) is 4.75. The Bertz CT molecular complexity index is 568. The lowest BCUT2D eigenvalue weighted by Gasteiger charge is -2.36. The van der Waals surface area contributed by atoms with Gasteiger partial charge in [0.1, 0.15) is 0 Å². The van der Waals surface area contributed by atoms with Gasteiger partial charge in [0.05, 0.1) is 23.9 Å². The van der Waals surface area contributed by atoms with E-state index in [9.17, 15) is 18.7 Å². The molecule has 3 rings (SSSR count). The molecule has 1 amide bonds. The lowest BCUT2D eigenvalue weighted by molar-refractivity contribution is -0.0697. The molecule has 1 aromatic rings. The van der Waals surface area contributed by atoms with Crippen LogP contribution in [0.3, 0.4) is 0 Å². The minimum absolute atomic E-state index is 0.173. The van der Waals surface area contributed by atoms with Crippen LogP contribution in [0.25, 0.3) is 0 Å². The number of aromatic nitrogens is 2. The summed E-state index contributed by atoms with van der Waals surface area (Å²) in [6.07, 6.45) is 2.13. The second-order valence-corrected chi connectivity index (χ2v) is 6.32. The number of rotatable bonds is 3. The van der Waals surface area contributed by atoms with Crippen LogP contribution in [0.5, 0.6) is 0 Å². The molecule has 0 aromatic carbocycles. The van der Waals surface area contributed by atoms with E-state index < -0.39 is 12.0 Å². The van der Waals surface area contributed by atoms with Crippen molar-refractivity contribution < 1.29 is 18.7 Å². The van der Waals surface area contributed by atoms with Gasteiger partial charge in [-0.3, -0.25) is 14.4 Å². The van der Waals surface area contributed by atoms with Gasteiger partial charge in [0, 0.05) is 51.8 Å². The van der Waals surface area contributed by atoms with Crippen LogP contribution in [0, 0.1) is 0 Å². The molecular weight excluding hydrogens is 306 g/mol. The van der Waals surface area contributed by atoms with Gasteiger partial charge in [0.25, 0.3) is 11.8 Å². The minimum atomic E-state index is -2.61. The molecule has 0 unspecified atom stereocenters. The lowest BCUT2D eigenvalue weighted by Crippen LogP contribution is -2.49. The highest BCUT2D eigenvalue weighted by molar-refractivity contribution is 5.94. The number of halogens is 2. The molecule has 3 heterocycles. The number of likely N-dealkylation sites (tertiary alicyclic amines) is 2. The van der Waals surface area contributed by atoms with Crippen LogP contribution in [-0.4, -0.2) is 74.8 Å². The standard InChI is InChI=1S/C15H22F2N4O2/c1-2-21-8-11(7-18-21)14(23)20-9-12(13(22)10-20)19-5-3-15(16,17)4-6-19/h7-8,12-13,22H,2-6,9-10H2,1H3/t12-,13-/m1/s1. The monoisotopic (exact) mass is 328 g/mol. The molecule has 1 N–H and O–H groups in total. The van der Waals surface area contributed by atoms with E-state index >= 15 is 0 Å². The number of nitrogens with zero attached hydrogens (tertiary/aromatic N) is 4. The normalized spacial score (nSPS) is 28.3. The van der Waals surface area contributed by atoms with E-state index in [0.717, 1.165) is 0 Å². The van der Waals surface area contributed by atoms with E-state index in [1.807, 2.05) is 11.8 Å². The topological polar surface area (TPSA) is 61.6 Å². The molecule has 2 aliphatic rings. The first kappa shape index (κ1) is 16.3. The number of amides is 1. The van der Waals surface area contributed by atoms with Crippen molar-refractivity contribution in [3.05, 3.63) is 18.0 Å². The zero-order chi connectivity index (χ0) is 16.6. The first-order chi connectivity index (χ1) is 10.9. The summed E-state index contributed by atoms with van der Waals surface area (Å²) in [5, 5.41) is 14.3. The molecule has 128 valence electrons. The van der Waals surface area contributed by atoms with Gasteiger partial charge >= 0.3 is 0 Å². The van der Waals surface area contributed by atoms with E-state index in [1.165, 1.54) is 6.20 Å². The molecule has 0 bridgehead atoms. The van der Waals surface area contributed by atoms with Crippen LogP contribution in [0.4, 0.5) is 8.78 Å². The van der Waals surface area contributed by atoms with Gasteiger partial charge < -0.3 is 10.0 Å². The van der Waals surface area contributed by atoms with Gasteiger partial charge in [-0.25, -0.2) is 8.78 Å². The van der Waals surface area contributed by atoms with Crippen LogP contribution in [0.2, 0.25) is 0 Å². The summed E-state index contributed by atoms with van der Waals surface area (Å²) in [6.45, 7) is 3.72. The maximum absolute atomic E-state index is 13.3. The molecule has 2 saturated heterocycles. The number of piperidine rings is 1. The molecule has 23 heavy (non-hydrogen) atoms. The molecule has 0 spiro atoms. The number of hydrogen-bond acceptors (Lipinski definition) is 4. The summed E-state index contributed by atoms with van der Waals surface area (Å²) in [5.74, 6) is -2.78. The van der Waals surface area contributed by atoms with Crippen molar-refractivity contribution in [2.75, 3.05) is 26.2 Å². The minimum Gasteiger partial charge on any atom is -0.390 e. The number of alkyl halides is 2. The smallest absolute Gasteiger partial charge is 0.257 e. The third kappa shape index (κ3) is 3.37. The summed E-state index contributed by atoms with van der Waals surface area (Å²) >= 11 is 0. The van der Waals surface area contributed by atoms with Gasteiger partial charge in [0.2, 0.25) is 0 Å². The zero-order valence-corrected chi connectivity index (χ0v) is 13.2. The average molecular weight is 328 g/mol. The fraction of sp³-hybridized carbons (Fsp3) is 0.733. The summed E-state index contributed by atoms with van der Waals surface area (Å²) < 4.78 is 28.2. The maximum atomic E-state index is 13.3. The Morgan fingerprint density at radius 3 is 2.70 bits per heavy atom. The van der Waals surface area contributed by atoms with Gasteiger partial charge in [-0.05, 0) is 6.92 Å². The number of aryl methyl sites for hydroxylation is 1. The van der Waals surface area contributed by atoms with E-state index in [2.05, 4.69) is 5.10 Å². The number of aliphatic hydroxyl groups excluding tert-OH is 1. The Morgan fingerprint density at radius 1 is 1.39 bits per heavy atom. The highest BCUT2D eigenvalue weighted by Gasteiger charge is 2.42. The van der Waals surface area contributed by atoms with Crippen molar-refractivity contribution in [2.24, 2.45) is 0 Å². The summed E-state index contributed by atoms with van der Waals surface area (Å²) in [7, 11) is 0. The predicted molar refractivity (Wildman–Crippen MR) is 79.4 cm³/mol. The van der Waals surface area contributed by atoms with Gasteiger partial charge in [-0.2, -0.15) is 5.10 Å². The van der Waals surface area contributed by atoms with Crippen molar-refractivity contribution in [2.45, 2.75) is 44.4 Å². The third-order valence-corrected chi connectivity index (χ3v) is 4.75. The van der Waals surface area contributed by atoms with Crippen molar-refractivity contribution in [3.63, 3.8) is 0 Å². The molecule has 2 fully saturated rings. The highest BCUT2D eigenvalue weighted by Crippen LogP contribution is 2.30. The van der Waals surface area contributed by atoms with Crippen LogP contribution < -0.4 is 0 Å². The summed E-state index contributed by atoms with van der Waals surface area (Å²) in [5.41, 5.74) is 0.491. The Hall–Kier alpha value is -1.54. The Labute approximate surface area is 133 Å². The second-order valence-electron chi connectivity index (χ2n) is 6.32. The predicted octanol–water partition coefficient (Wildman–Crippen LogP) is 0.819. The van der Waals surface area contributed by atoms with Crippen molar-refractivity contribution in [3.8, 4) is 0 Å². The van der Waals surface area contributed by atoms with Crippen molar-refractivity contribution in [1.82, 2.24) is 19.6 Å². The molecule has 2 aliphatic heterocycles. The van der Waals surface area contributed by atoms with E-state index in [0.29, 0.717) is 18.7 Å². The number of carbonyl (C=O) groups is 1.